The number of hydrogen-bond acceptors (Lipinski definition) is 6. The molecule has 3 aliphatic carbocycles. The monoisotopic (exact) mass is 475 g/mol. The minimum Gasteiger partial charge on any atom is -0.484 e. The first-order valence-electron chi connectivity index (χ1n) is 12.1. The number of nitrogens with one attached hydrogen (secondary N) is 1. The minimum absolute atomic E-state index is 0.00113. The van der Waals surface area contributed by atoms with Gasteiger partial charge in [-0.25, -0.2) is 8.78 Å². The summed E-state index contributed by atoms with van der Waals surface area (Å²) in [6, 6.07) is 2.50. The molecule has 1 saturated heterocycles. The van der Waals surface area contributed by atoms with Crippen molar-refractivity contribution in [2.45, 2.75) is 64.1 Å². The van der Waals surface area contributed by atoms with Gasteiger partial charge in [0.05, 0.1) is 19.2 Å². The number of amides is 1. The van der Waals surface area contributed by atoms with Crippen molar-refractivity contribution in [2.75, 3.05) is 30.4 Å². The van der Waals surface area contributed by atoms with Gasteiger partial charge in [-0.05, 0) is 43.9 Å². The maximum absolute atomic E-state index is 14.7. The van der Waals surface area contributed by atoms with E-state index in [1.165, 1.54) is 12.8 Å². The first-order valence-corrected chi connectivity index (χ1v) is 12.1. The number of halogens is 2. The molecular weight excluding hydrogens is 444 g/mol. The maximum atomic E-state index is 14.7. The van der Waals surface area contributed by atoms with Crippen molar-refractivity contribution in [2.24, 2.45) is 11.8 Å². The fourth-order valence-corrected chi connectivity index (χ4v) is 5.47. The van der Waals surface area contributed by atoms with Crippen LogP contribution in [0.4, 0.5) is 20.5 Å². The van der Waals surface area contributed by atoms with Crippen LogP contribution in [-0.2, 0) is 11.2 Å². The Morgan fingerprint density at radius 2 is 1.82 bits per heavy atom. The van der Waals surface area contributed by atoms with Gasteiger partial charge in [0.1, 0.15) is 11.4 Å². The number of hydrogen-bond donors (Lipinski definition) is 1. The maximum Gasteiger partial charge on any atom is 0.298 e. The molecule has 184 valence electrons. The highest BCUT2D eigenvalue weighted by atomic mass is 19.1. The van der Waals surface area contributed by atoms with Crippen molar-refractivity contribution in [3.05, 3.63) is 35.2 Å². The summed E-state index contributed by atoms with van der Waals surface area (Å²) >= 11 is 0. The predicted molar refractivity (Wildman–Crippen MR) is 122 cm³/mol. The highest BCUT2D eigenvalue weighted by Crippen LogP contribution is 2.47. The van der Waals surface area contributed by atoms with E-state index in [2.05, 4.69) is 17.2 Å². The van der Waals surface area contributed by atoms with Crippen molar-refractivity contribution >= 4 is 17.6 Å². The fraction of sp³-hybridized carbons (Fsp3) is 0.600. The molecule has 1 amide bonds. The Morgan fingerprint density at radius 1 is 1.18 bits per heavy atom. The first-order chi connectivity index (χ1) is 16.3. The van der Waals surface area contributed by atoms with Crippen LogP contribution in [0.15, 0.2) is 16.5 Å². The van der Waals surface area contributed by atoms with Crippen LogP contribution in [0.5, 0.6) is 5.75 Å². The summed E-state index contributed by atoms with van der Waals surface area (Å²) in [7, 11) is 1.68. The number of nitrogens with zero attached hydrogens (tertiary/aromatic N) is 2. The second-order valence-electron chi connectivity index (χ2n) is 9.86. The van der Waals surface area contributed by atoms with Gasteiger partial charge < -0.3 is 24.1 Å². The molecule has 1 N–H and O–H groups in total. The van der Waals surface area contributed by atoms with Gasteiger partial charge >= 0.3 is 0 Å². The van der Waals surface area contributed by atoms with E-state index in [-0.39, 0.29) is 28.8 Å². The van der Waals surface area contributed by atoms with Gasteiger partial charge in [0.15, 0.2) is 23.1 Å². The first kappa shape index (κ1) is 23.1. The quantitative estimate of drug-likeness (QED) is 0.582. The number of fused-ring (bicyclic) bond motifs is 2. The third kappa shape index (κ3) is 4.15. The molecule has 2 aromatic rings. The Balaban J connectivity index is 1.27. The number of benzene rings is 1. The SMILES string of the molecule is CCc1oc(N2CC(CC)(OC)C2)nc1C(=O)Nc1cc(F)c(OC2CC3CC(C3)C2)c(F)c1. The molecule has 0 unspecified atom stereocenters. The van der Waals surface area contributed by atoms with Gasteiger partial charge in [-0.15, -0.1) is 0 Å². The molecule has 1 aromatic carbocycles. The largest absolute Gasteiger partial charge is 0.484 e. The highest BCUT2D eigenvalue weighted by Gasteiger charge is 2.44. The third-order valence-corrected chi connectivity index (χ3v) is 7.59. The lowest BCUT2D eigenvalue weighted by Gasteiger charge is -2.47. The molecule has 0 radical (unpaired) electrons. The van der Waals surface area contributed by atoms with E-state index in [4.69, 9.17) is 13.9 Å². The third-order valence-electron chi connectivity index (χ3n) is 7.59. The van der Waals surface area contributed by atoms with Crippen molar-refractivity contribution in [1.82, 2.24) is 4.98 Å². The van der Waals surface area contributed by atoms with Crippen LogP contribution < -0.4 is 15.0 Å². The Bertz CT molecular complexity index is 1040. The highest BCUT2D eigenvalue weighted by molar-refractivity contribution is 6.03. The molecule has 4 fully saturated rings. The summed E-state index contributed by atoms with van der Waals surface area (Å²) in [5.41, 5.74) is -0.134. The second kappa shape index (κ2) is 8.83. The number of anilines is 2. The van der Waals surface area contributed by atoms with Crippen LogP contribution in [0.1, 0.15) is 62.2 Å². The molecule has 4 aliphatic rings. The van der Waals surface area contributed by atoms with Crippen LogP contribution in [-0.4, -0.2) is 42.8 Å². The molecule has 1 aromatic heterocycles. The van der Waals surface area contributed by atoms with Crippen LogP contribution in [0.25, 0.3) is 0 Å². The van der Waals surface area contributed by atoms with Crippen molar-refractivity contribution in [3.8, 4) is 5.75 Å². The Hall–Kier alpha value is -2.68. The number of oxazole rings is 1. The molecule has 0 atom stereocenters. The van der Waals surface area contributed by atoms with Crippen LogP contribution in [0.2, 0.25) is 0 Å². The lowest BCUT2D eigenvalue weighted by molar-refractivity contribution is -0.0379. The summed E-state index contributed by atoms with van der Waals surface area (Å²) < 4.78 is 46.5. The molecule has 0 spiro atoms. The summed E-state index contributed by atoms with van der Waals surface area (Å²) in [5, 5.41) is 2.55. The molecule has 7 nitrogen and oxygen atoms in total. The normalized spacial score (nSPS) is 24.9. The Labute approximate surface area is 197 Å². The summed E-state index contributed by atoms with van der Waals surface area (Å²) in [6.45, 7) is 5.14. The zero-order chi connectivity index (χ0) is 24.0. The summed E-state index contributed by atoms with van der Waals surface area (Å²) in [5.74, 6) is -0.992. The van der Waals surface area contributed by atoms with E-state index in [1.807, 2.05) is 11.8 Å². The van der Waals surface area contributed by atoms with E-state index in [9.17, 15) is 13.6 Å². The standard InChI is InChI=1S/C25H31F2N3O4/c1-4-20-21(29-24(34-20)30-12-25(5-2,13-30)32-3)23(31)28-16-10-18(26)22(19(27)11-16)33-17-8-14-6-15(7-14)9-17/h10-11,14-15,17H,4-9,12-13H2,1-3H3,(H,28,31). The number of rotatable bonds is 8. The number of aryl methyl sites for hydroxylation is 1. The van der Waals surface area contributed by atoms with Crippen LogP contribution >= 0.6 is 0 Å². The lowest BCUT2D eigenvalue weighted by Crippen LogP contribution is -2.62. The summed E-state index contributed by atoms with van der Waals surface area (Å²) in [6.07, 6.45) is 5.21. The van der Waals surface area contributed by atoms with E-state index in [0.29, 0.717) is 43.1 Å². The number of ether oxygens (including phenoxy) is 2. The van der Waals surface area contributed by atoms with Gasteiger partial charge in [0.2, 0.25) is 0 Å². The van der Waals surface area contributed by atoms with Gasteiger partial charge in [0, 0.05) is 31.4 Å². The van der Waals surface area contributed by atoms with Crippen molar-refractivity contribution in [3.63, 3.8) is 0 Å². The molecule has 34 heavy (non-hydrogen) atoms. The minimum atomic E-state index is -0.831. The van der Waals surface area contributed by atoms with Crippen LogP contribution in [0.3, 0.4) is 0 Å². The number of aromatic nitrogens is 1. The molecular formula is C25H31F2N3O4. The van der Waals surface area contributed by atoms with Gasteiger partial charge in [-0.2, -0.15) is 4.98 Å². The van der Waals surface area contributed by atoms with Crippen molar-refractivity contribution in [1.29, 1.82) is 0 Å². The molecule has 1 aliphatic heterocycles. The second-order valence-corrected chi connectivity index (χ2v) is 9.86. The Kier molecular flexibility index (Phi) is 6.00. The van der Waals surface area contributed by atoms with E-state index >= 15 is 0 Å². The average molecular weight is 476 g/mol. The zero-order valence-electron chi connectivity index (χ0n) is 19.8. The summed E-state index contributed by atoms with van der Waals surface area (Å²) in [4.78, 5) is 19.2. The lowest BCUT2D eigenvalue weighted by atomic mass is 9.64. The van der Waals surface area contributed by atoms with E-state index in [0.717, 1.165) is 31.4 Å². The Morgan fingerprint density at radius 3 is 2.38 bits per heavy atom. The van der Waals surface area contributed by atoms with Gasteiger partial charge in [-0.1, -0.05) is 13.8 Å². The number of carbonyl (C=O) groups is 1. The zero-order valence-corrected chi connectivity index (χ0v) is 19.8. The van der Waals surface area contributed by atoms with Crippen LogP contribution in [0, 0.1) is 23.5 Å². The topological polar surface area (TPSA) is 76.8 Å². The number of carbonyl (C=O) groups excluding carboxylic acids is 1. The molecule has 9 heteroatoms. The van der Waals surface area contributed by atoms with E-state index < -0.39 is 17.5 Å². The van der Waals surface area contributed by atoms with Gasteiger partial charge in [0.25, 0.3) is 11.9 Å². The molecule has 6 rings (SSSR count). The average Bonchev–Trinajstić information content (AvgIpc) is 3.20. The van der Waals surface area contributed by atoms with Gasteiger partial charge in [-0.3, -0.25) is 4.79 Å². The molecule has 2 heterocycles. The molecule has 3 saturated carbocycles. The van der Waals surface area contributed by atoms with Crippen molar-refractivity contribution < 1.29 is 27.5 Å². The fourth-order valence-electron chi connectivity index (χ4n) is 5.47. The molecule has 2 bridgehead atoms. The smallest absolute Gasteiger partial charge is 0.298 e. The van der Waals surface area contributed by atoms with E-state index in [1.54, 1.807) is 7.11 Å². The number of methoxy groups -OCH3 is 1. The predicted octanol–water partition coefficient (Wildman–Crippen LogP) is 4.95.